The molecule has 2 aliphatic rings. The van der Waals surface area contributed by atoms with Crippen molar-refractivity contribution in [1.82, 2.24) is 0 Å². The Bertz CT molecular complexity index is 2490. The predicted molar refractivity (Wildman–Crippen MR) is 252 cm³/mol. The number of benzene rings is 2. The summed E-state index contributed by atoms with van der Waals surface area (Å²) in [5.74, 6) is -1.43. The molecule has 0 bridgehead atoms. The third-order valence-corrected chi connectivity index (χ3v) is 14.4. The number of allylic oxidation sites excluding steroid dienone is 6. The molecule has 0 aromatic heterocycles. The van der Waals surface area contributed by atoms with Crippen molar-refractivity contribution in [3.8, 4) is 0 Å². The summed E-state index contributed by atoms with van der Waals surface area (Å²) in [5.41, 5.74) is 2.07. The molecule has 0 aliphatic carbocycles. The Morgan fingerprint density at radius 1 is 0.690 bits per heavy atom. The Labute approximate surface area is 485 Å². The molecule has 0 spiro atoms. The molecule has 2 unspecified atom stereocenters. The van der Waals surface area contributed by atoms with Crippen LogP contribution in [0.4, 0.5) is 11.4 Å². The molecule has 0 saturated heterocycles. The van der Waals surface area contributed by atoms with E-state index >= 15 is 0 Å². The minimum Gasteiger partial charge on any atom is -0.744 e. The van der Waals surface area contributed by atoms with Gasteiger partial charge in [-0.2, -0.15) is 21.4 Å². The van der Waals surface area contributed by atoms with E-state index in [0.717, 1.165) is 5.70 Å². The Kier molecular flexibility index (Phi) is 31.3. The van der Waals surface area contributed by atoms with E-state index in [2.05, 4.69) is 0 Å². The minimum absolute atomic E-state index is 0. The van der Waals surface area contributed by atoms with E-state index in [0.29, 0.717) is 113 Å². The summed E-state index contributed by atoms with van der Waals surface area (Å²) in [4.78, 5) is 12.5. The second-order valence-corrected chi connectivity index (χ2v) is 21.1. The largest absolute Gasteiger partial charge is 1.00 e. The topological polar surface area (TPSA) is 265 Å². The summed E-state index contributed by atoms with van der Waals surface area (Å²) < 4.78 is 139. The molecule has 2 atom stereocenters. The maximum absolute atomic E-state index is 12.4. The van der Waals surface area contributed by atoms with E-state index in [1.165, 1.54) is 24.3 Å². The molecule has 2 aromatic carbocycles. The quantitative estimate of drug-likeness (QED) is 0.0203. The second-order valence-electron chi connectivity index (χ2n) is 16.7. The molecule has 380 valence electrons. The smallest absolute Gasteiger partial charge is 0.744 e. The number of fused-ring (bicyclic) bond motifs is 2. The van der Waals surface area contributed by atoms with Gasteiger partial charge in [-0.25, -0.2) is 8.42 Å². The Morgan fingerprint density at radius 2 is 1.27 bits per heavy atom. The van der Waals surface area contributed by atoms with Crippen molar-refractivity contribution in [2.75, 3.05) is 104 Å². The molecular weight excluding hydrogens is 1020 g/mol. The number of unbranched alkanes of at least 4 members (excludes halogenated alkanes) is 2. The Balaban J connectivity index is 0.00000840. The van der Waals surface area contributed by atoms with Gasteiger partial charge < -0.3 is 43.0 Å². The average Bonchev–Trinajstić information content (AvgIpc) is 3.63. The van der Waals surface area contributed by atoms with Gasteiger partial charge in [-0.1, -0.05) is 24.6 Å². The molecule has 2 heterocycles. The van der Waals surface area contributed by atoms with Crippen LogP contribution in [-0.4, -0.2) is 159 Å². The van der Waals surface area contributed by atoms with Crippen molar-refractivity contribution >= 4 is 53.4 Å². The van der Waals surface area contributed by atoms with E-state index in [1.54, 1.807) is 44.6 Å². The molecule has 19 nitrogen and oxygen atoms in total. The average molecular weight is 1080 g/mol. The fourth-order valence-corrected chi connectivity index (χ4v) is 9.95. The summed E-state index contributed by atoms with van der Waals surface area (Å²) in [6.07, 6.45) is 11.4. The normalized spacial score (nSPS) is 18.5. The van der Waals surface area contributed by atoms with Gasteiger partial charge in [0.25, 0.3) is 20.2 Å². The van der Waals surface area contributed by atoms with Crippen LogP contribution in [0, 0.1) is 0 Å². The number of hydrogen-bond donors (Lipinski definition) is 3. The SMILES string of the molecule is COCCOCCOCCOCCOCC[N+]1=C(/C=C/C=C/C=C2/N(CCCCCC(=O)O)c3ccc(S(=O)(=O)[O-])cc3C2(C)CCOC)C(C)(CCCS(=O)(=O)O)c2cc(S(=O)(=O)O)ccc21.[Na+].[Na+].[Na+]. The first-order valence-electron chi connectivity index (χ1n) is 22.3. The van der Waals surface area contributed by atoms with Gasteiger partial charge in [0.15, 0.2) is 12.3 Å². The van der Waals surface area contributed by atoms with Crippen LogP contribution in [0.5, 0.6) is 0 Å². The molecule has 0 saturated carbocycles. The number of hydrogen-bond acceptors (Lipinski definition) is 15. The Hall–Kier alpha value is -0.910. The van der Waals surface area contributed by atoms with Gasteiger partial charge in [-0.15, -0.1) is 0 Å². The maximum atomic E-state index is 12.4. The summed E-state index contributed by atoms with van der Waals surface area (Å²) in [6, 6.07) is 8.53. The number of anilines is 1. The number of carboxylic acid groups (broad SMARTS) is 1. The third kappa shape index (κ3) is 20.9. The van der Waals surface area contributed by atoms with Crippen LogP contribution in [0.15, 0.2) is 82.3 Å². The van der Waals surface area contributed by atoms with Crippen LogP contribution >= 0.6 is 0 Å². The molecule has 4 rings (SSSR count). The van der Waals surface area contributed by atoms with E-state index in [4.69, 9.17) is 33.5 Å². The molecule has 0 fully saturated rings. The van der Waals surface area contributed by atoms with E-state index in [9.17, 15) is 43.7 Å². The van der Waals surface area contributed by atoms with Crippen LogP contribution in [-0.2, 0) is 74.4 Å². The number of ether oxygens (including phenoxy) is 6. The molecule has 0 radical (unpaired) electrons. The van der Waals surface area contributed by atoms with E-state index in [1.807, 2.05) is 35.5 Å². The van der Waals surface area contributed by atoms with Crippen LogP contribution in [0.2, 0.25) is 0 Å². The number of carbonyl (C=O) groups is 1. The van der Waals surface area contributed by atoms with Crippen molar-refractivity contribution in [2.24, 2.45) is 0 Å². The monoisotopic (exact) mass is 1080 g/mol. The standard InChI is InChI=1S/C46H66N2O17S3.3Na/c1-45(19-11-33-66(51,52)53)38-34-36(67(54,55)56)16-18-41(38)48(22-24-62-27-28-64-31-32-65-30-29-63-26-25-61-4)42(45)12-7-5-8-13-43-46(2,20-23-60-3)39-35-37(68(57,58)59)15-17-40(39)47(43)21-10-6-9-14-44(49)50;;;/h5,7-8,12-13,15-18,34-35H,6,9-11,14,19-33H2,1-4H3,(H3-,49,50,51,52,53,54,55,56,57,58,59);;;/q;3*+1. The molecular formula is C46H66N2Na3O17S3+3. The van der Waals surface area contributed by atoms with Crippen molar-refractivity contribution in [3.63, 3.8) is 0 Å². The van der Waals surface area contributed by atoms with Gasteiger partial charge in [-0.3, -0.25) is 13.9 Å². The summed E-state index contributed by atoms with van der Waals surface area (Å²) in [5, 5.41) is 9.16. The molecule has 3 N–H and O–H groups in total. The zero-order valence-corrected chi connectivity index (χ0v) is 50.6. The van der Waals surface area contributed by atoms with Crippen LogP contribution < -0.4 is 93.6 Å². The molecule has 0 amide bonds. The van der Waals surface area contributed by atoms with E-state index in [-0.39, 0.29) is 137 Å². The van der Waals surface area contributed by atoms with Crippen molar-refractivity contribution in [1.29, 1.82) is 0 Å². The zero-order valence-electron chi connectivity index (χ0n) is 42.2. The van der Waals surface area contributed by atoms with Crippen molar-refractivity contribution < 1.29 is 170 Å². The van der Waals surface area contributed by atoms with Gasteiger partial charge in [-0.05, 0) is 87.9 Å². The summed E-state index contributed by atoms with van der Waals surface area (Å²) in [7, 11) is -10.6. The number of nitrogens with zero attached hydrogens (tertiary/aromatic N) is 2. The van der Waals surface area contributed by atoms with Gasteiger partial charge in [0.2, 0.25) is 5.69 Å². The fraction of sp³-hybridized carbons (Fsp3) is 0.565. The van der Waals surface area contributed by atoms with Crippen molar-refractivity contribution in [2.45, 2.75) is 79.4 Å². The van der Waals surface area contributed by atoms with Crippen LogP contribution in [0.1, 0.15) is 69.9 Å². The minimum atomic E-state index is -4.78. The van der Waals surface area contributed by atoms with Gasteiger partial charge in [0.1, 0.15) is 16.7 Å². The van der Waals surface area contributed by atoms with Crippen molar-refractivity contribution in [3.05, 3.63) is 83.6 Å². The summed E-state index contributed by atoms with van der Waals surface area (Å²) >= 11 is 0. The van der Waals surface area contributed by atoms with Gasteiger partial charge >= 0.3 is 94.6 Å². The second kappa shape index (κ2) is 32.6. The molecule has 2 aromatic rings. The molecule has 71 heavy (non-hydrogen) atoms. The van der Waals surface area contributed by atoms with Crippen LogP contribution in [0.25, 0.3) is 0 Å². The number of carboxylic acids is 1. The maximum Gasteiger partial charge on any atom is 1.00 e. The zero-order chi connectivity index (χ0) is 50.0. The molecule has 2 aliphatic heterocycles. The summed E-state index contributed by atoms with van der Waals surface area (Å²) in [6.45, 7) is 8.19. The van der Waals surface area contributed by atoms with Crippen LogP contribution in [0.3, 0.4) is 0 Å². The predicted octanol–water partition coefficient (Wildman–Crippen LogP) is -3.96. The first-order valence-corrected chi connectivity index (χ1v) is 26.8. The Morgan fingerprint density at radius 3 is 1.83 bits per heavy atom. The first kappa shape index (κ1) is 68.1. The van der Waals surface area contributed by atoms with Gasteiger partial charge in [0.05, 0.1) is 73.8 Å². The number of methoxy groups -OCH3 is 2. The number of rotatable bonds is 33. The number of aliphatic carboxylic acids is 1. The fourth-order valence-electron chi connectivity index (χ4n) is 8.44. The third-order valence-electron chi connectivity index (χ3n) is 11.9. The van der Waals surface area contributed by atoms with Gasteiger partial charge in [0, 0.05) is 68.3 Å². The van der Waals surface area contributed by atoms with E-state index < -0.39 is 52.9 Å². The molecule has 25 heteroatoms. The first-order chi connectivity index (χ1) is 32.2.